The van der Waals surface area contributed by atoms with Gasteiger partial charge in [0.15, 0.2) is 11.8 Å². The molecule has 0 saturated carbocycles. The Morgan fingerprint density at radius 3 is 2.54 bits per heavy atom. The first kappa shape index (κ1) is 8.30. The van der Waals surface area contributed by atoms with Gasteiger partial charge in [-0.15, -0.1) is 0 Å². The van der Waals surface area contributed by atoms with E-state index in [0.29, 0.717) is 0 Å². The molecule has 1 aliphatic rings. The summed E-state index contributed by atoms with van der Waals surface area (Å²) >= 11 is 0. The molecule has 0 aromatic heterocycles. The Kier molecular flexibility index (Phi) is 2.05. The Hall–Kier alpha value is -1.31. The van der Waals surface area contributed by atoms with Crippen LogP contribution in [0.15, 0.2) is 30.3 Å². The molecule has 0 bridgehead atoms. The van der Waals surface area contributed by atoms with Crippen molar-refractivity contribution in [3.8, 4) is 0 Å². The van der Waals surface area contributed by atoms with Crippen molar-refractivity contribution in [1.82, 2.24) is 0 Å². The molecule has 0 fully saturated rings. The first-order valence-electron chi connectivity index (χ1n) is 4.63. The monoisotopic (exact) mass is 175 g/mol. The molecule has 1 unspecified atom stereocenters. The van der Waals surface area contributed by atoms with Gasteiger partial charge in [-0.05, 0) is 0 Å². The van der Waals surface area contributed by atoms with Crippen LogP contribution in [-0.2, 0) is 0 Å². The summed E-state index contributed by atoms with van der Waals surface area (Å²) in [6, 6.07) is 10.0. The molecule has 2 heteroatoms. The van der Waals surface area contributed by atoms with Gasteiger partial charge in [0.2, 0.25) is 0 Å². The number of hydrogen-bond donors (Lipinski definition) is 0. The molecule has 0 radical (unpaired) electrons. The predicted octanol–water partition coefficient (Wildman–Crippen LogP) is 2.49. The Morgan fingerprint density at radius 2 is 2.00 bits per heavy atom. The Morgan fingerprint density at radius 1 is 1.31 bits per heavy atom. The summed E-state index contributed by atoms with van der Waals surface area (Å²) in [5.41, 5.74) is 2.09. The molecule has 0 spiro atoms. The number of rotatable bonds is 1. The zero-order valence-corrected chi connectivity index (χ0v) is 7.73. The van der Waals surface area contributed by atoms with Gasteiger partial charge in [0, 0.05) is 25.3 Å². The van der Waals surface area contributed by atoms with Gasteiger partial charge in [0.25, 0.3) is 0 Å². The lowest BCUT2D eigenvalue weighted by atomic mass is 10.1. The summed E-state index contributed by atoms with van der Waals surface area (Å²) in [7, 11) is 0. The molecule has 0 N–H and O–H groups in total. The maximum atomic E-state index is 11.6. The molecule has 1 aromatic carbocycles. The smallest absolute Gasteiger partial charge is 0.188 e. The molecule has 1 aliphatic heterocycles. The Bertz CT molecular complexity index is 329. The summed E-state index contributed by atoms with van der Waals surface area (Å²) in [5, 5.41) is 11.6. The van der Waals surface area contributed by atoms with E-state index in [1.807, 2.05) is 37.3 Å². The zero-order valence-electron chi connectivity index (χ0n) is 7.73. The Balaban J connectivity index is 2.30. The average molecular weight is 175 g/mol. The predicted molar refractivity (Wildman–Crippen MR) is 52.7 cm³/mol. The largest absolute Gasteiger partial charge is 0.623 e. The van der Waals surface area contributed by atoms with Gasteiger partial charge >= 0.3 is 0 Å². The highest BCUT2D eigenvalue weighted by Gasteiger charge is 2.27. The topological polar surface area (TPSA) is 26.1 Å². The Labute approximate surface area is 78.1 Å². The van der Waals surface area contributed by atoms with E-state index in [1.54, 1.807) is 0 Å². The molecule has 0 saturated heterocycles. The van der Waals surface area contributed by atoms with Gasteiger partial charge in [-0.25, -0.2) is 4.74 Å². The average Bonchev–Trinajstić information content (AvgIpc) is 2.49. The van der Waals surface area contributed by atoms with Crippen molar-refractivity contribution in [1.29, 1.82) is 0 Å². The number of hydroxylamine groups is 1. The maximum Gasteiger partial charge on any atom is 0.188 e. The molecular weight excluding hydrogens is 162 g/mol. The lowest BCUT2D eigenvalue weighted by molar-refractivity contribution is -0.499. The van der Waals surface area contributed by atoms with Crippen molar-refractivity contribution >= 4 is 5.71 Å². The molecule has 13 heavy (non-hydrogen) atoms. The molecule has 1 atom stereocenters. The van der Waals surface area contributed by atoms with Crippen LogP contribution in [0, 0.1) is 5.21 Å². The number of hydrogen-bond acceptors (Lipinski definition) is 1. The lowest BCUT2D eigenvalue weighted by Gasteiger charge is -2.11. The third-order valence-corrected chi connectivity index (χ3v) is 2.62. The minimum absolute atomic E-state index is 0.0567. The van der Waals surface area contributed by atoms with Crippen molar-refractivity contribution in [2.24, 2.45) is 0 Å². The van der Waals surface area contributed by atoms with Crippen LogP contribution in [0.5, 0.6) is 0 Å². The lowest BCUT2D eigenvalue weighted by Crippen LogP contribution is -2.09. The van der Waals surface area contributed by atoms with Gasteiger partial charge in [-0.3, -0.25) is 0 Å². The van der Waals surface area contributed by atoms with Gasteiger partial charge < -0.3 is 5.21 Å². The molecular formula is C11H13NO. The van der Waals surface area contributed by atoms with Crippen molar-refractivity contribution < 1.29 is 4.74 Å². The van der Waals surface area contributed by atoms with Crippen LogP contribution in [0.3, 0.4) is 0 Å². The summed E-state index contributed by atoms with van der Waals surface area (Å²) in [6.07, 6.45) is 1.89. The van der Waals surface area contributed by atoms with E-state index in [0.717, 1.165) is 28.9 Å². The van der Waals surface area contributed by atoms with Gasteiger partial charge in [-0.2, -0.15) is 0 Å². The zero-order chi connectivity index (χ0) is 9.26. The molecule has 1 heterocycles. The van der Waals surface area contributed by atoms with Crippen LogP contribution in [0.1, 0.15) is 31.4 Å². The summed E-state index contributed by atoms with van der Waals surface area (Å²) < 4.78 is 1.15. The molecule has 1 aromatic rings. The van der Waals surface area contributed by atoms with Crippen molar-refractivity contribution in [2.45, 2.75) is 25.8 Å². The normalized spacial score (nSPS) is 22.4. The van der Waals surface area contributed by atoms with E-state index in [1.165, 1.54) is 0 Å². The fourth-order valence-electron chi connectivity index (χ4n) is 1.82. The quantitative estimate of drug-likeness (QED) is 0.475. The maximum absolute atomic E-state index is 11.6. The highest BCUT2D eigenvalue weighted by Crippen LogP contribution is 2.27. The minimum atomic E-state index is 0.0567. The van der Waals surface area contributed by atoms with E-state index >= 15 is 0 Å². The molecule has 0 aliphatic carbocycles. The van der Waals surface area contributed by atoms with Gasteiger partial charge in [0.1, 0.15) is 0 Å². The van der Waals surface area contributed by atoms with Crippen molar-refractivity contribution in [3.05, 3.63) is 41.1 Å². The van der Waals surface area contributed by atoms with E-state index in [-0.39, 0.29) is 6.04 Å². The second-order valence-electron chi connectivity index (χ2n) is 3.53. The number of benzene rings is 1. The second kappa shape index (κ2) is 3.21. The third kappa shape index (κ3) is 1.44. The van der Waals surface area contributed by atoms with Crippen LogP contribution in [0.2, 0.25) is 0 Å². The second-order valence-corrected chi connectivity index (χ2v) is 3.53. The number of nitrogens with zero attached hydrogens (tertiary/aromatic N) is 1. The SMILES string of the molecule is CC1=[N+]([O-])C(c2ccccc2)CC1. The molecule has 0 amide bonds. The van der Waals surface area contributed by atoms with Gasteiger partial charge in [-0.1, -0.05) is 30.3 Å². The van der Waals surface area contributed by atoms with Crippen molar-refractivity contribution in [2.75, 3.05) is 0 Å². The summed E-state index contributed by atoms with van der Waals surface area (Å²) in [5.74, 6) is 0. The third-order valence-electron chi connectivity index (χ3n) is 2.62. The van der Waals surface area contributed by atoms with Crippen LogP contribution in [0.25, 0.3) is 0 Å². The summed E-state index contributed by atoms with van der Waals surface area (Å²) in [6.45, 7) is 1.91. The highest BCUT2D eigenvalue weighted by atomic mass is 16.5. The fraction of sp³-hybridized carbons (Fsp3) is 0.364. The molecule has 68 valence electrons. The molecule has 2 nitrogen and oxygen atoms in total. The van der Waals surface area contributed by atoms with Gasteiger partial charge in [0.05, 0.1) is 0 Å². The van der Waals surface area contributed by atoms with Crippen molar-refractivity contribution in [3.63, 3.8) is 0 Å². The standard InChI is InChI=1S/C11H13NO/c1-9-7-8-11(12(9)13)10-5-3-2-4-6-10/h2-6,11H,7-8H2,1H3. The van der Waals surface area contributed by atoms with E-state index in [9.17, 15) is 5.21 Å². The molecule has 2 rings (SSSR count). The van der Waals surface area contributed by atoms with E-state index in [4.69, 9.17) is 0 Å². The first-order valence-corrected chi connectivity index (χ1v) is 4.63. The van der Waals surface area contributed by atoms with Crippen LogP contribution < -0.4 is 0 Å². The van der Waals surface area contributed by atoms with Crippen LogP contribution in [0.4, 0.5) is 0 Å². The fourth-order valence-corrected chi connectivity index (χ4v) is 1.82. The van der Waals surface area contributed by atoms with Crippen LogP contribution >= 0.6 is 0 Å². The van der Waals surface area contributed by atoms with Crippen LogP contribution in [-0.4, -0.2) is 10.5 Å². The first-order chi connectivity index (χ1) is 6.29. The highest BCUT2D eigenvalue weighted by molar-refractivity contribution is 5.78. The minimum Gasteiger partial charge on any atom is -0.623 e. The summed E-state index contributed by atoms with van der Waals surface area (Å²) in [4.78, 5) is 0. The van der Waals surface area contributed by atoms with E-state index in [2.05, 4.69) is 0 Å². The van der Waals surface area contributed by atoms with E-state index < -0.39 is 0 Å².